The van der Waals surface area contributed by atoms with Gasteiger partial charge in [0.05, 0.1) is 0 Å². The maximum Gasteiger partial charge on any atom is 0.164 e. The van der Waals surface area contributed by atoms with Gasteiger partial charge in [-0.05, 0) is 56.3 Å². The second-order valence-corrected chi connectivity index (χ2v) is 11.3. The fourth-order valence-corrected chi connectivity index (χ4v) is 5.94. The molecule has 8 aromatic rings. The van der Waals surface area contributed by atoms with Crippen LogP contribution in [0.4, 0.5) is 0 Å². The van der Waals surface area contributed by atoms with Gasteiger partial charge in [0.15, 0.2) is 17.5 Å². The Bertz CT molecular complexity index is 2280. The summed E-state index contributed by atoms with van der Waals surface area (Å²) in [7, 11) is 0. The number of benzene rings is 7. The van der Waals surface area contributed by atoms with E-state index in [9.17, 15) is 0 Å². The molecule has 3 heteroatoms. The van der Waals surface area contributed by atoms with Crippen LogP contribution in [0, 0.1) is 0 Å². The fourth-order valence-electron chi connectivity index (χ4n) is 5.94. The Hall–Kier alpha value is -6.19. The third-order valence-electron chi connectivity index (χ3n) is 8.34. The third-order valence-corrected chi connectivity index (χ3v) is 8.34. The van der Waals surface area contributed by atoms with Crippen molar-refractivity contribution in [1.29, 1.82) is 0 Å². The van der Waals surface area contributed by atoms with Gasteiger partial charge >= 0.3 is 0 Å². The highest BCUT2D eigenvalue weighted by Gasteiger charge is 2.15. The Morgan fingerprint density at radius 1 is 0.239 bits per heavy atom. The molecule has 46 heavy (non-hydrogen) atoms. The molecule has 0 atom stereocenters. The molecule has 0 bridgehead atoms. The molecule has 216 valence electrons. The monoisotopic (exact) mass is 587 g/mol. The minimum absolute atomic E-state index is 0.644. The summed E-state index contributed by atoms with van der Waals surface area (Å²) in [6.45, 7) is 0. The van der Waals surface area contributed by atoms with Crippen molar-refractivity contribution in [2.75, 3.05) is 0 Å². The summed E-state index contributed by atoms with van der Waals surface area (Å²) in [5.41, 5.74) is 9.84. The van der Waals surface area contributed by atoms with Crippen LogP contribution in [0.25, 0.3) is 78.3 Å². The van der Waals surface area contributed by atoms with Gasteiger partial charge < -0.3 is 0 Å². The van der Waals surface area contributed by atoms with E-state index in [1.165, 1.54) is 27.5 Å². The first kappa shape index (κ1) is 27.4. The van der Waals surface area contributed by atoms with Crippen molar-refractivity contribution in [3.8, 4) is 67.5 Å². The van der Waals surface area contributed by atoms with Gasteiger partial charge in [-0.3, -0.25) is 0 Å². The lowest BCUT2D eigenvalue weighted by Gasteiger charge is -2.12. The topological polar surface area (TPSA) is 38.7 Å². The summed E-state index contributed by atoms with van der Waals surface area (Å²) < 4.78 is 0. The first-order valence-electron chi connectivity index (χ1n) is 15.4. The number of hydrogen-bond acceptors (Lipinski definition) is 3. The normalized spacial score (nSPS) is 11.0. The first-order valence-corrected chi connectivity index (χ1v) is 15.4. The van der Waals surface area contributed by atoms with Gasteiger partial charge in [-0.1, -0.05) is 164 Å². The van der Waals surface area contributed by atoms with Crippen molar-refractivity contribution in [3.05, 3.63) is 176 Å². The molecule has 0 saturated heterocycles. The summed E-state index contributed by atoms with van der Waals surface area (Å²) in [5.74, 6) is 1.94. The highest BCUT2D eigenvalue weighted by Crippen LogP contribution is 2.33. The molecule has 0 aliphatic rings. The molecule has 0 unspecified atom stereocenters. The molecule has 0 aliphatic heterocycles. The van der Waals surface area contributed by atoms with Crippen LogP contribution in [0.15, 0.2) is 176 Å². The number of aromatic nitrogens is 3. The van der Waals surface area contributed by atoms with E-state index in [2.05, 4.69) is 133 Å². The van der Waals surface area contributed by atoms with Crippen molar-refractivity contribution in [3.63, 3.8) is 0 Å². The fraction of sp³-hybridized carbons (Fsp3) is 0. The second kappa shape index (κ2) is 12.1. The summed E-state index contributed by atoms with van der Waals surface area (Å²) in [4.78, 5) is 15.0. The number of nitrogens with zero attached hydrogens (tertiary/aromatic N) is 3. The molecule has 0 N–H and O–H groups in total. The zero-order valence-corrected chi connectivity index (χ0v) is 25.1. The first-order chi connectivity index (χ1) is 22.8. The van der Waals surface area contributed by atoms with Crippen molar-refractivity contribution >= 4 is 10.8 Å². The predicted molar refractivity (Wildman–Crippen MR) is 190 cm³/mol. The summed E-state index contributed by atoms with van der Waals surface area (Å²) in [6, 6.07) is 61.1. The standard InChI is InChI=1S/C43H29N3/c1-4-12-30(13-5-1)35-24-26-38-29-36(25-27-37(38)28-35)31-20-22-34(23-21-31)42-44-41(33-16-8-3-9-17-33)45-43(46-42)40-19-11-10-18-39(40)32-14-6-2-7-15-32/h1-29H. The van der Waals surface area contributed by atoms with E-state index in [1.54, 1.807) is 0 Å². The van der Waals surface area contributed by atoms with Gasteiger partial charge in [0, 0.05) is 16.7 Å². The molecule has 0 aliphatic carbocycles. The number of rotatable bonds is 6. The zero-order valence-electron chi connectivity index (χ0n) is 25.1. The minimum Gasteiger partial charge on any atom is -0.208 e. The van der Waals surface area contributed by atoms with Gasteiger partial charge in [0.2, 0.25) is 0 Å². The predicted octanol–water partition coefficient (Wildman–Crippen LogP) is 11.0. The molecule has 8 rings (SSSR count). The Morgan fingerprint density at radius 2 is 0.609 bits per heavy atom. The van der Waals surface area contributed by atoms with E-state index in [0.29, 0.717) is 17.5 Å². The van der Waals surface area contributed by atoms with E-state index in [1.807, 2.05) is 42.5 Å². The molecule has 3 nitrogen and oxygen atoms in total. The van der Waals surface area contributed by atoms with Gasteiger partial charge in [0.25, 0.3) is 0 Å². The molecule has 0 radical (unpaired) electrons. The van der Waals surface area contributed by atoms with Crippen LogP contribution in [0.1, 0.15) is 0 Å². The zero-order chi connectivity index (χ0) is 30.7. The lowest BCUT2D eigenvalue weighted by molar-refractivity contribution is 1.07. The Morgan fingerprint density at radius 3 is 1.17 bits per heavy atom. The van der Waals surface area contributed by atoms with Crippen molar-refractivity contribution in [2.45, 2.75) is 0 Å². The molecule has 1 heterocycles. The Labute approximate surface area is 268 Å². The van der Waals surface area contributed by atoms with Crippen LogP contribution in [-0.2, 0) is 0 Å². The summed E-state index contributed by atoms with van der Waals surface area (Å²) in [6.07, 6.45) is 0. The highest BCUT2D eigenvalue weighted by atomic mass is 15.0. The van der Waals surface area contributed by atoms with Crippen LogP contribution < -0.4 is 0 Å². The molecular formula is C43H29N3. The van der Waals surface area contributed by atoms with Crippen LogP contribution in [0.5, 0.6) is 0 Å². The quantitative estimate of drug-likeness (QED) is 0.194. The lowest BCUT2D eigenvalue weighted by Crippen LogP contribution is -2.01. The average Bonchev–Trinajstić information content (AvgIpc) is 3.15. The maximum absolute atomic E-state index is 5.04. The van der Waals surface area contributed by atoms with Gasteiger partial charge in [0.1, 0.15) is 0 Å². The lowest BCUT2D eigenvalue weighted by atomic mass is 9.97. The van der Waals surface area contributed by atoms with E-state index < -0.39 is 0 Å². The molecule has 7 aromatic carbocycles. The van der Waals surface area contributed by atoms with Crippen LogP contribution >= 0.6 is 0 Å². The number of fused-ring (bicyclic) bond motifs is 1. The average molecular weight is 588 g/mol. The molecule has 0 saturated carbocycles. The third kappa shape index (κ3) is 5.47. The Balaban J connectivity index is 1.17. The molecular weight excluding hydrogens is 558 g/mol. The largest absolute Gasteiger partial charge is 0.208 e. The molecule has 1 aromatic heterocycles. The smallest absolute Gasteiger partial charge is 0.164 e. The molecule has 0 spiro atoms. The van der Waals surface area contributed by atoms with Crippen molar-refractivity contribution < 1.29 is 0 Å². The van der Waals surface area contributed by atoms with Crippen LogP contribution in [-0.4, -0.2) is 15.0 Å². The van der Waals surface area contributed by atoms with Crippen LogP contribution in [0.2, 0.25) is 0 Å². The van der Waals surface area contributed by atoms with E-state index in [4.69, 9.17) is 15.0 Å². The van der Waals surface area contributed by atoms with Gasteiger partial charge in [-0.2, -0.15) is 0 Å². The van der Waals surface area contributed by atoms with Crippen LogP contribution in [0.3, 0.4) is 0 Å². The summed E-state index contributed by atoms with van der Waals surface area (Å²) in [5, 5.41) is 2.44. The SMILES string of the molecule is c1ccc(-c2ccc3cc(-c4ccc(-c5nc(-c6ccccc6)nc(-c6ccccc6-c6ccccc6)n5)cc4)ccc3c2)cc1. The van der Waals surface area contributed by atoms with Crippen molar-refractivity contribution in [1.82, 2.24) is 15.0 Å². The second-order valence-electron chi connectivity index (χ2n) is 11.3. The molecule has 0 fully saturated rings. The Kier molecular flexibility index (Phi) is 7.18. The summed E-state index contributed by atoms with van der Waals surface area (Å²) >= 11 is 0. The number of hydrogen-bond donors (Lipinski definition) is 0. The highest BCUT2D eigenvalue weighted by molar-refractivity contribution is 5.91. The van der Waals surface area contributed by atoms with E-state index in [0.717, 1.165) is 33.4 Å². The van der Waals surface area contributed by atoms with E-state index >= 15 is 0 Å². The van der Waals surface area contributed by atoms with E-state index in [-0.39, 0.29) is 0 Å². The van der Waals surface area contributed by atoms with Gasteiger partial charge in [-0.25, -0.2) is 15.0 Å². The molecule has 0 amide bonds. The minimum atomic E-state index is 0.644. The maximum atomic E-state index is 5.04. The van der Waals surface area contributed by atoms with Crippen molar-refractivity contribution in [2.24, 2.45) is 0 Å². The van der Waals surface area contributed by atoms with Gasteiger partial charge in [-0.15, -0.1) is 0 Å².